The first-order valence-corrected chi connectivity index (χ1v) is 6.99. The van der Waals surface area contributed by atoms with Crippen LogP contribution in [0.3, 0.4) is 0 Å². The highest BCUT2D eigenvalue weighted by molar-refractivity contribution is 7.09. The lowest BCUT2D eigenvalue weighted by Crippen LogP contribution is -2.23. The summed E-state index contributed by atoms with van der Waals surface area (Å²) in [5.41, 5.74) is 2.90. The molecule has 0 bridgehead atoms. The number of benzene rings is 1. The first kappa shape index (κ1) is 11.0. The number of aliphatic hydroxyl groups is 1. The van der Waals surface area contributed by atoms with Crippen molar-refractivity contribution in [2.24, 2.45) is 0 Å². The van der Waals surface area contributed by atoms with E-state index in [1.54, 1.807) is 11.3 Å². The van der Waals surface area contributed by atoms with E-state index in [0.29, 0.717) is 5.92 Å². The highest BCUT2D eigenvalue weighted by Crippen LogP contribution is 2.38. The summed E-state index contributed by atoms with van der Waals surface area (Å²) < 4.78 is 0. The van der Waals surface area contributed by atoms with Gasteiger partial charge in [0.2, 0.25) is 0 Å². The molecule has 1 N–H and O–H groups in total. The van der Waals surface area contributed by atoms with Gasteiger partial charge in [0, 0.05) is 11.3 Å². The van der Waals surface area contributed by atoms with Crippen LogP contribution < -0.4 is 0 Å². The van der Waals surface area contributed by atoms with Crippen molar-refractivity contribution in [2.75, 3.05) is 0 Å². The molecule has 1 aromatic heterocycles. The van der Waals surface area contributed by atoms with E-state index in [4.69, 9.17) is 0 Å². The van der Waals surface area contributed by atoms with Crippen LogP contribution in [0.4, 0.5) is 0 Å². The molecular weight excluding hydrogens is 228 g/mol. The highest BCUT2D eigenvalue weighted by Gasteiger charge is 2.27. The SMILES string of the molecule is OC(Cc1cccs1)CC1Cc2ccccc21. The van der Waals surface area contributed by atoms with Gasteiger partial charge in [-0.15, -0.1) is 11.3 Å². The maximum Gasteiger partial charge on any atom is 0.0594 e. The van der Waals surface area contributed by atoms with E-state index in [-0.39, 0.29) is 6.10 Å². The number of fused-ring (bicyclic) bond motifs is 1. The average Bonchev–Trinajstić information content (AvgIpc) is 2.79. The maximum absolute atomic E-state index is 10.1. The summed E-state index contributed by atoms with van der Waals surface area (Å²) in [7, 11) is 0. The normalized spacial score (nSPS) is 19.5. The van der Waals surface area contributed by atoms with Crippen molar-refractivity contribution in [1.29, 1.82) is 0 Å². The Balaban J connectivity index is 1.59. The predicted octanol–water partition coefficient (Wildman–Crippen LogP) is 3.38. The van der Waals surface area contributed by atoms with Crippen molar-refractivity contribution in [3.8, 4) is 0 Å². The summed E-state index contributed by atoms with van der Waals surface area (Å²) in [5.74, 6) is 0.571. The molecule has 0 aliphatic heterocycles. The quantitative estimate of drug-likeness (QED) is 0.874. The lowest BCUT2D eigenvalue weighted by atomic mass is 9.74. The van der Waals surface area contributed by atoms with Crippen LogP contribution in [0.25, 0.3) is 0 Å². The van der Waals surface area contributed by atoms with E-state index in [2.05, 4.69) is 35.7 Å². The third-order valence-corrected chi connectivity index (χ3v) is 4.43. The Bertz CT molecular complexity index is 489. The second kappa shape index (κ2) is 4.63. The number of rotatable bonds is 4. The van der Waals surface area contributed by atoms with Crippen LogP contribution in [0, 0.1) is 0 Å². The molecule has 0 saturated carbocycles. The number of aliphatic hydroxyl groups excluding tert-OH is 1. The lowest BCUT2D eigenvalue weighted by Gasteiger charge is -2.31. The molecule has 1 aliphatic rings. The topological polar surface area (TPSA) is 20.2 Å². The van der Waals surface area contributed by atoms with E-state index in [9.17, 15) is 5.11 Å². The molecule has 1 heterocycles. The van der Waals surface area contributed by atoms with Crippen LogP contribution in [-0.2, 0) is 12.8 Å². The van der Waals surface area contributed by atoms with Crippen LogP contribution >= 0.6 is 11.3 Å². The molecule has 2 atom stereocenters. The van der Waals surface area contributed by atoms with Crippen molar-refractivity contribution >= 4 is 11.3 Å². The summed E-state index contributed by atoms with van der Waals surface area (Å²) >= 11 is 1.73. The van der Waals surface area contributed by atoms with Gasteiger partial charge in [-0.3, -0.25) is 0 Å². The highest BCUT2D eigenvalue weighted by atomic mass is 32.1. The summed E-state index contributed by atoms with van der Waals surface area (Å²) in [6.45, 7) is 0. The summed E-state index contributed by atoms with van der Waals surface area (Å²) in [4.78, 5) is 1.28. The molecule has 0 spiro atoms. The van der Waals surface area contributed by atoms with Gasteiger partial charge in [-0.05, 0) is 41.3 Å². The van der Waals surface area contributed by atoms with Crippen LogP contribution in [0.2, 0.25) is 0 Å². The smallest absolute Gasteiger partial charge is 0.0594 e. The fourth-order valence-corrected chi connectivity index (χ4v) is 3.42. The van der Waals surface area contributed by atoms with E-state index in [1.165, 1.54) is 16.0 Å². The van der Waals surface area contributed by atoms with Gasteiger partial charge < -0.3 is 5.11 Å². The minimum Gasteiger partial charge on any atom is -0.393 e. The maximum atomic E-state index is 10.1. The zero-order valence-electron chi connectivity index (χ0n) is 9.67. The zero-order chi connectivity index (χ0) is 11.7. The van der Waals surface area contributed by atoms with Crippen LogP contribution in [0.1, 0.15) is 28.3 Å². The minimum absolute atomic E-state index is 0.202. The zero-order valence-corrected chi connectivity index (χ0v) is 10.5. The first-order valence-electron chi connectivity index (χ1n) is 6.11. The molecule has 1 aliphatic carbocycles. The van der Waals surface area contributed by atoms with Gasteiger partial charge >= 0.3 is 0 Å². The summed E-state index contributed by atoms with van der Waals surface area (Å²) in [6, 6.07) is 12.7. The van der Waals surface area contributed by atoms with Crippen LogP contribution in [0.15, 0.2) is 41.8 Å². The molecule has 2 unspecified atom stereocenters. The monoisotopic (exact) mass is 244 g/mol. The van der Waals surface area contributed by atoms with E-state index < -0.39 is 0 Å². The molecule has 0 saturated heterocycles. The molecule has 1 aromatic carbocycles. The van der Waals surface area contributed by atoms with Gasteiger partial charge in [0.15, 0.2) is 0 Å². The first-order chi connectivity index (χ1) is 8.33. The average molecular weight is 244 g/mol. The van der Waals surface area contributed by atoms with Crippen molar-refractivity contribution in [3.05, 3.63) is 57.8 Å². The molecule has 2 aromatic rings. The van der Waals surface area contributed by atoms with E-state index >= 15 is 0 Å². The molecular formula is C15H16OS. The van der Waals surface area contributed by atoms with E-state index in [1.807, 2.05) is 6.07 Å². The number of hydrogen-bond donors (Lipinski definition) is 1. The van der Waals surface area contributed by atoms with Crippen molar-refractivity contribution in [1.82, 2.24) is 0 Å². The van der Waals surface area contributed by atoms with Crippen molar-refractivity contribution < 1.29 is 5.11 Å². The molecule has 88 valence electrons. The summed E-state index contributed by atoms with van der Waals surface area (Å²) in [5, 5.41) is 12.2. The Hall–Kier alpha value is -1.12. The molecule has 17 heavy (non-hydrogen) atoms. The Morgan fingerprint density at radius 3 is 2.88 bits per heavy atom. The van der Waals surface area contributed by atoms with Gasteiger partial charge in [0.05, 0.1) is 6.10 Å². The Kier molecular flexibility index (Phi) is 3.00. The van der Waals surface area contributed by atoms with Gasteiger partial charge in [-0.25, -0.2) is 0 Å². The van der Waals surface area contributed by atoms with E-state index in [0.717, 1.165) is 19.3 Å². The summed E-state index contributed by atoms with van der Waals surface area (Å²) in [6.07, 6.45) is 2.63. The standard InChI is InChI=1S/C15H16OS/c16-13(10-14-5-3-7-17-14)9-12-8-11-4-1-2-6-15(11)12/h1-7,12-13,16H,8-10H2. The third kappa shape index (κ3) is 2.28. The number of thiophene rings is 1. The van der Waals surface area contributed by atoms with Crippen molar-refractivity contribution in [2.45, 2.75) is 31.3 Å². The fourth-order valence-electron chi connectivity index (χ4n) is 2.65. The van der Waals surface area contributed by atoms with Gasteiger partial charge in [-0.2, -0.15) is 0 Å². The minimum atomic E-state index is -0.202. The lowest BCUT2D eigenvalue weighted by molar-refractivity contribution is 0.152. The Morgan fingerprint density at radius 2 is 2.12 bits per heavy atom. The predicted molar refractivity (Wildman–Crippen MR) is 71.5 cm³/mol. The molecule has 3 rings (SSSR count). The van der Waals surface area contributed by atoms with Gasteiger partial charge in [0.1, 0.15) is 0 Å². The van der Waals surface area contributed by atoms with Gasteiger partial charge in [-0.1, -0.05) is 30.3 Å². The van der Waals surface area contributed by atoms with Crippen molar-refractivity contribution in [3.63, 3.8) is 0 Å². The molecule has 1 nitrogen and oxygen atoms in total. The van der Waals surface area contributed by atoms with Gasteiger partial charge in [0.25, 0.3) is 0 Å². The van der Waals surface area contributed by atoms with Crippen LogP contribution in [0.5, 0.6) is 0 Å². The molecule has 0 amide bonds. The largest absolute Gasteiger partial charge is 0.393 e. The Labute approximate surface area is 106 Å². The molecule has 2 heteroatoms. The Morgan fingerprint density at radius 1 is 1.24 bits per heavy atom. The molecule has 0 fully saturated rings. The number of hydrogen-bond acceptors (Lipinski definition) is 2. The second-order valence-corrected chi connectivity index (χ2v) is 5.81. The third-order valence-electron chi connectivity index (χ3n) is 3.53. The fraction of sp³-hybridized carbons (Fsp3) is 0.333. The molecule has 0 radical (unpaired) electrons. The van der Waals surface area contributed by atoms with Crippen LogP contribution in [-0.4, -0.2) is 11.2 Å². The second-order valence-electron chi connectivity index (χ2n) is 4.77.